The molecule has 1 nitrogen and oxygen atoms in total. The van der Waals surface area contributed by atoms with Crippen LogP contribution >= 0.6 is 11.6 Å². The van der Waals surface area contributed by atoms with Crippen molar-refractivity contribution >= 4 is 17.7 Å². The second kappa shape index (κ2) is 4.07. The van der Waals surface area contributed by atoms with Crippen LogP contribution in [0.2, 0.25) is 0 Å². The van der Waals surface area contributed by atoms with Crippen LogP contribution in [0.3, 0.4) is 0 Å². The summed E-state index contributed by atoms with van der Waals surface area (Å²) in [6.07, 6.45) is 7.38. The van der Waals surface area contributed by atoms with Crippen molar-refractivity contribution in [2.45, 2.75) is 0 Å². The molecular formula is C8H8ClN. The highest BCUT2D eigenvalue weighted by molar-refractivity contribution is 6.19. The predicted molar refractivity (Wildman–Crippen MR) is 44.0 cm³/mol. The largest absolute Gasteiger partial charge is 0.265 e. The number of pyridine rings is 1. The van der Waals surface area contributed by atoms with Crippen molar-refractivity contribution < 1.29 is 0 Å². The molecule has 0 bridgehead atoms. The maximum absolute atomic E-state index is 5.45. The summed E-state index contributed by atoms with van der Waals surface area (Å²) in [5.41, 5.74) is 1.13. The van der Waals surface area contributed by atoms with Gasteiger partial charge in [-0.05, 0) is 17.7 Å². The van der Waals surface area contributed by atoms with Crippen molar-refractivity contribution in [1.82, 2.24) is 4.98 Å². The molecule has 10 heavy (non-hydrogen) atoms. The lowest BCUT2D eigenvalue weighted by molar-refractivity contribution is 1.32. The molecule has 1 aromatic rings. The summed E-state index contributed by atoms with van der Waals surface area (Å²) in [6.45, 7) is 0. The normalized spacial score (nSPS) is 10.5. The topological polar surface area (TPSA) is 12.9 Å². The van der Waals surface area contributed by atoms with Crippen molar-refractivity contribution in [3.05, 3.63) is 36.2 Å². The molecule has 0 fully saturated rings. The minimum atomic E-state index is 0.558. The number of nitrogens with zero attached hydrogens (tertiary/aromatic N) is 1. The minimum Gasteiger partial charge on any atom is -0.265 e. The van der Waals surface area contributed by atoms with Gasteiger partial charge in [-0.1, -0.05) is 12.2 Å². The number of hydrogen-bond donors (Lipinski definition) is 0. The van der Waals surface area contributed by atoms with E-state index in [9.17, 15) is 0 Å². The second-order valence-corrected chi connectivity index (χ2v) is 2.15. The Kier molecular flexibility index (Phi) is 2.97. The highest BCUT2D eigenvalue weighted by Gasteiger charge is 1.80. The highest BCUT2D eigenvalue weighted by Crippen LogP contribution is 1.98. The Bertz CT molecular complexity index is 206. The average molecular weight is 154 g/mol. The Hall–Kier alpha value is -0.820. The van der Waals surface area contributed by atoms with E-state index in [0.29, 0.717) is 5.88 Å². The summed E-state index contributed by atoms with van der Waals surface area (Å²) in [5.74, 6) is 0.558. The average Bonchev–Trinajstić information content (AvgIpc) is 2.03. The third-order valence-corrected chi connectivity index (χ3v) is 1.28. The van der Waals surface area contributed by atoms with Crippen molar-refractivity contribution in [2.75, 3.05) is 5.88 Å². The van der Waals surface area contributed by atoms with Crippen LogP contribution in [0.25, 0.3) is 6.08 Å². The summed E-state index contributed by atoms with van der Waals surface area (Å²) in [6, 6.07) is 3.87. The number of hydrogen-bond acceptors (Lipinski definition) is 1. The first-order valence-corrected chi connectivity index (χ1v) is 3.59. The lowest BCUT2D eigenvalue weighted by Gasteiger charge is -1.87. The second-order valence-electron chi connectivity index (χ2n) is 1.84. The monoisotopic (exact) mass is 153 g/mol. The van der Waals surface area contributed by atoms with E-state index in [1.807, 2.05) is 24.3 Å². The van der Waals surface area contributed by atoms with Crippen molar-refractivity contribution in [1.29, 1.82) is 0 Å². The Morgan fingerprint density at radius 2 is 2.10 bits per heavy atom. The SMILES string of the molecule is ClC/C=C/c1ccncc1. The fraction of sp³-hybridized carbons (Fsp3) is 0.125. The fourth-order valence-electron chi connectivity index (χ4n) is 0.655. The summed E-state index contributed by atoms with van der Waals surface area (Å²) in [5, 5.41) is 0. The smallest absolute Gasteiger partial charge is 0.0407 e. The number of halogens is 1. The molecule has 1 rings (SSSR count). The lowest BCUT2D eigenvalue weighted by atomic mass is 10.2. The number of allylic oxidation sites excluding steroid dienone is 1. The molecule has 0 aliphatic heterocycles. The zero-order valence-corrected chi connectivity index (χ0v) is 6.25. The van der Waals surface area contributed by atoms with Gasteiger partial charge in [-0.15, -0.1) is 11.6 Å². The summed E-state index contributed by atoms with van der Waals surface area (Å²) in [4.78, 5) is 3.89. The first-order valence-electron chi connectivity index (χ1n) is 3.06. The molecule has 0 atom stereocenters. The van der Waals surface area contributed by atoms with Gasteiger partial charge in [-0.3, -0.25) is 4.98 Å². The Labute approximate surface area is 65.4 Å². The number of alkyl halides is 1. The van der Waals surface area contributed by atoms with Gasteiger partial charge in [0.05, 0.1) is 0 Å². The van der Waals surface area contributed by atoms with E-state index in [1.165, 1.54) is 0 Å². The Balaban J connectivity index is 2.67. The molecule has 0 N–H and O–H groups in total. The molecule has 0 radical (unpaired) electrons. The van der Waals surface area contributed by atoms with Gasteiger partial charge >= 0.3 is 0 Å². The van der Waals surface area contributed by atoms with Gasteiger partial charge in [0, 0.05) is 18.3 Å². The van der Waals surface area contributed by atoms with Crippen LogP contribution < -0.4 is 0 Å². The Morgan fingerprint density at radius 1 is 1.40 bits per heavy atom. The van der Waals surface area contributed by atoms with E-state index in [2.05, 4.69) is 4.98 Å². The van der Waals surface area contributed by atoms with Crippen LogP contribution in [-0.2, 0) is 0 Å². The molecule has 0 amide bonds. The van der Waals surface area contributed by atoms with E-state index >= 15 is 0 Å². The summed E-state index contributed by atoms with van der Waals surface area (Å²) < 4.78 is 0. The molecule has 0 aliphatic carbocycles. The first kappa shape index (κ1) is 7.29. The molecule has 2 heteroatoms. The molecule has 0 aliphatic rings. The van der Waals surface area contributed by atoms with E-state index in [-0.39, 0.29) is 0 Å². The number of rotatable bonds is 2. The van der Waals surface area contributed by atoms with Crippen LogP contribution in [0.1, 0.15) is 5.56 Å². The van der Waals surface area contributed by atoms with Crippen LogP contribution in [0, 0.1) is 0 Å². The molecule has 0 saturated heterocycles. The highest BCUT2D eigenvalue weighted by atomic mass is 35.5. The van der Waals surface area contributed by atoms with Crippen LogP contribution in [-0.4, -0.2) is 10.9 Å². The minimum absolute atomic E-state index is 0.558. The fourth-order valence-corrected chi connectivity index (χ4v) is 0.744. The third-order valence-electron chi connectivity index (χ3n) is 1.11. The van der Waals surface area contributed by atoms with Crippen LogP contribution in [0.4, 0.5) is 0 Å². The maximum atomic E-state index is 5.45. The standard InChI is InChI=1S/C8H8ClN/c9-5-1-2-8-3-6-10-7-4-8/h1-4,6-7H,5H2/b2-1+. The zero-order chi connectivity index (χ0) is 7.23. The van der Waals surface area contributed by atoms with E-state index in [0.717, 1.165) is 5.56 Å². The molecular weight excluding hydrogens is 146 g/mol. The number of aromatic nitrogens is 1. The molecule has 0 saturated carbocycles. The van der Waals surface area contributed by atoms with Crippen molar-refractivity contribution in [3.63, 3.8) is 0 Å². The van der Waals surface area contributed by atoms with Gasteiger partial charge in [0.1, 0.15) is 0 Å². The van der Waals surface area contributed by atoms with Gasteiger partial charge < -0.3 is 0 Å². The van der Waals surface area contributed by atoms with E-state index in [1.54, 1.807) is 12.4 Å². The van der Waals surface area contributed by atoms with Gasteiger partial charge in [0.25, 0.3) is 0 Å². The quantitative estimate of drug-likeness (QED) is 0.595. The van der Waals surface area contributed by atoms with Crippen LogP contribution in [0.5, 0.6) is 0 Å². The van der Waals surface area contributed by atoms with Gasteiger partial charge in [0.2, 0.25) is 0 Å². The van der Waals surface area contributed by atoms with E-state index < -0.39 is 0 Å². The molecule has 0 unspecified atom stereocenters. The maximum Gasteiger partial charge on any atom is 0.0407 e. The van der Waals surface area contributed by atoms with Gasteiger partial charge in [-0.25, -0.2) is 0 Å². The molecule has 0 aromatic carbocycles. The molecule has 0 spiro atoms. The molecule has 1 heterocycles. The van der Waals surface area contributed by atoms with Crippen molar-refractivity contribution in [3.8, 4) is 0 Å². The molecule has 52 valence electrons. The first-order chi connectivity index (χ1) is 4.93. The Morgan fingerprint density at radius 3 is 2.70 bits per heavy atom. The summed E-state index contributed by atoms with van der Waals surface area (Å²) in [7, 11) is 0. The third kappa shape index (κ3) is 2.19. The molecule has 1 aromatic heterocycles. The van der Waals surface area contributed by atoms with Gasteiger partial charge in [0.15, 0.2) is 0 Å². The summed E-state index contributed by atoms with van der Waals surface area (Å²) >= 11 is 5.45. The predicted octanol–water partition coefficient (Wildman–Crippen LogP) is 2.33. The zero-order valence-electron chi connectivity index (χ0n) is 5.50. The van der Waals surface area contributed by atoms with E-state index in [4.69, 9.17) is 11.6 Å². The lowest BCUT2D eigenvalue weighted by Crippen LogP contribution is -1.71. The van der Waals surface area contributed by atoms with Gasteiger partial charge in [-0.2, -0.15) is 0 Å². The van der Waals surface area contributed by atoms with Crippen LogP contribution in [0.15, 0.2) is 30.6 Å². The van der Waals surface area contributed by atoms with Crippen molar-refractivity contribution in [2.24, 2.45) is 0 Å².